The number of esters is 1. The number of ether oxygens (including phenoxy) is 2. The van der Waals surface area contributed by atoms with Crippen molar-refractivity contribution in [2.75, 3.05) is 26.1 Å². The minimum absolute atomic E-state index is 0.173. The number of carbonyl (C=O) groups is 2. The van der Waals surface area contributed by atoms with Gasteiger partial charge in [0.1, 0.15) is 6.04 Å². The van der Waals surface area contributed by atoms with Crippen LogP contribution in [0.25, 0.3) is 0 Å². The van der Waals surface area contributed by atoms with E-state index in [4.69, 9.17) is 4.74 Å². The number of amides is 1. The zero-order valence-corrected chi connectivity index (χ0v) is 11.4. The normalized spacial score (nSPS) is 11.6. The summed E-state index contributed by atoms with van der Waals surface area (Å²) in [6.45, 7) is 1.51. The number of aromatic nitrogens is 2. The summed E-state index contributed by atoms with van der Waals surface area (Å²) in [6.07, 6.45) is 0. The molecular formula is C11H18N4O4. The monoisotopic (exact) mass is 270 g/mol. The first-order valence-electron chi connectivity index (χ1n) is 5.64. The van der Waals surface area contributed by atoms with Gasteiger partial charge < -0.3 is 20.1 Å². The Bertz CT molecular complexity index is 458. The van der Waals surface area contributed by atoms with Crippen molar-refractivity contribution in [3.8, 4) is 5.88 Å². The predicted molar refractivity (Wildman–Crippen MR) is 67.9 cm³/mol. The highest BCUT2D eigenvalue weighted by atomic mass is 16.5. The number of nitrogens with one attached hydrogen (secondary N) is 2. The first-order valence-corrected chi connectivity index (χ1v) is 5.64. The Labute approximate surface area is 111 Å². The van der Waals surface area contributed by atoms with Crippen molar-refractivity contribution in [2.24, 2.45) is 7.05 Å². The van der Waals surface area contributed by atoms with Crippen LogP contribution in [0.4, 0.5) is 5.82 Å². The highest BCUT2D eigenvalue weighted by Crippen LogP contribution is 2.14. The number of carbonyl (C=O) groups excluding carboxylic acids is 2. The summed E-state index contributed by atoms with van der Waals surface area (Å²) >= 11 is 0. The van der Waals surface area contributed by atoms with E-state index in [2.05, 4.69) is 20.5 Å². The van der Waals surface area contributed by atoms with E-state index in [0.717, 1.165) is 0 Å². The molecule has 8 nitrogen and oxygen atoms in total. The van der Waals surface area contributed by atoms with Crippen LogP contribution in [0.2, 0.25) is 0 Å². The van der Waals surface area contributed by atoms with Crippen molar-refractivity contribution < 1.29 is 19.1 Å². The molecule has 0 bridgehead atoms. The standard InChI is InChI=1S/C11H18N4O4/c1-7(16)13-8(11(17)19-4)6-12-9-5-10(18-3)15(2)14-9/h5,8H,6H2,1-4H3,(H,12,14)(H,13,16). The van der Waals surface area contributed by atoms with Crippen LogP contribution < -0.4 is 15.4 Å². The molecule has 1 amide bonds. The number of rotatable bonds is 6. The van der Waals surface area contributed by atoms with E-state index < -0.39 is 12.0 Å². The smallest absolute Gasteiger partial charge is 0.330 e. The summed E-state index contributed by atoms with van der Waals surface area (Å²) in [6, 6.07) is 0.915. The molecule has 0 fully saturated rings. The lowest BCUT2D eigenvalue weighted by molar-refractivity contribution is -0.144. The van der Waals surface area contributed by atoms with E-state index >= 15 is 0 Å². The molecule has 0 aliphatic heterocycles. The number of anilines is 1. The first-order chi connectivity index (χ1) is 8.97. The number of nitrogens with zero attached hydrogens (tertiary/aromatic N) is 2. The van der Waals surface area contributed by atoms with E-state index in [1.54, 1.807) is 17.8 Å². The minimum Gasteiger partial charge on any atom is -0.481 e. The third kappa shape index (κ3) is 4.16. The van der Waals surface area contributed by atoms with Gasteiger partial charge in [-0.05, 0) is 0 Å². The summed E-state index contributed by atoms with van der Waals surface area (Å²) in [5, 5.41) is 9.56. The number of methoxy groups -OCH3 is 2. The molecule has 1 aromatic rings. The quantitative estimate of drug-likeness (QED) is 0.678. The van der Waals surface area contributed by atoms with Gasteiger partial charge in [0.2, 0.25) is 11.8 Å². The molecule has 1 unspecified atom stereocenters. The van der Waals surface area contributed by atoms with Crippen molar-refractivity contribution in [3.05, 3.63) is 6.07 Å². The molecule has 19 heavy (non-hydrogen) atoms. The summed E-state index contributed by atoms with van der Waals surface area (Å²) in [5.41, 5.74) is 0. The van der Waals surface area contributed by atoms with Gasteiger partial charge >= 0.3 is 5.97 Å². The van der Waals surface area contributed by atoms with Gasteiger partial charge in [-0.3, -0.25) is 4.79 Å². The summed E-state index contributed by atoms with van der Waals surface area (Å²) in [5.74, 6) is 0.289. The van der Waals surface area contributed by atoms with E-state index in [0.29, 0.717) is 11.7 Å². The van der Waals surface area contributed by atoms with Gasteiger partial charge in [-0.1, -0.05) is 0 Å². The number of aryl methyl sites for hydroxylation is 1. The maximum atomic E-state index is 11.5. The van der Waals surface area contributed by atoms with Crippen LogP contribution in [-0.2, 0) is 21.4 Å². The van der Waals surface area contributed by atoms with E-state index in [9.17, 15) is 9.59 Å². The Morgan fingerprint density at radius 3 is 2.63 bits per heavy atom. The second-order valence-corrected chi connectivity index (χ2v) is 3.85. The number of hydrogen-bond acceptors (Lipinski definition) is 6. The minimum atomic E-state index is -0.768. The molecule has 1 atom stereocenters. The van der Waals surface area contributed by atoms with Crippen molar-refractivity contribution >= 4 is 17.7 Å². The molecule has 0 saturated heterocycles. The highest BCUT2D eigenvalue weighted by Gasteiger charge is 2.20. The molecular weight excluding hydrogens is 252 g/mol. The maximum Gasteiger partial charge on any atom is 0.330 e. The van der Waals surface area contributed by atoms with Crippen LogP contribution in [0.15, 0.2) is 6.07 Å². The van der Waals surface area contributed by atoms with Crippen LogP contribution in [0.1, 0.15) is 6.92 Å². The summed E-state index contributed by atoms with van der Waals surface area (Å²) in [7, 11) is 4.53. The second-order valence-electron chi connectivity index (χ2n) is 3.85. The van der Waals surface area contributed by atoms with Crippen LogP contribution in [0.3, 0.4) is 0 Å². The third-order valence-corrected chi connectivity index (χ3v) is 2.40. The van der Waals surface area contributed by atoms with Crippen molar-refractivity contribution in [1.29, 1.82) is 0 Å². The fraction of sp³-hybridized carbons (Fsp3) is 0.545. The fourth-order valence-corrected chi connectivity index (χ4v) is 1.52. The molecule has 106 valence electrons. The van der Waals surface area contributed by atoms with Gasteiger partial charge in [-0.2, -0.15) is 5.10 Å². The molecule has 0 aliphatic carbocycles. The average Bonchev–Trinajstić information content (AvgIpc) is 2.73. The molecule has 0 aromatic carbocycles. The lowest BCUT2D eigenvalue weighted by Gasteiger charge is -2.15. The molecule has 0 saturated carbocycles. The Balaban J connectivity index is 2.64. The zero-order valence-electron chi connectivity index (χ0n) is 11.4. The maximum absolute atomic E-state index is 11.5. The molecule has 0 aliphatic rings. The van der Waals surface area contributed by atoms with Gasteiger partial charge in [0, 0.05) is 26.6 Å². The first kappa shape index (κ1) is 14.8. The SMILES string of the molecule is COC(=O)C(CNc1cc(OC)n(C)n1)NC(C)=O. The van der Waals surface area contributed by atoms with Crippen LogP contribution in [-0.4, -0.2) is 48.5 Å². The second kappa shape index (κ2) is 6.62. The van der Waals surface area contributed by atoms with Gasteiger partial charge in [-0.15, -0.1) is 0 Å². The molecule has 0 spiro atoms. The van der Waals surface area contributed by atoms with E-state index in [-0.39, 0.29) is 12.5 Å². The molecule has 1 aromatic heterocycles. The lowest BCUT2D eigenvalue weighted by atomic mass is 10.3. The molecule has 1 rings (SSSR count). The Morgan fingerprint density at radius 1 is 1.47 bits per heavy atom. The van der Waals surface area contributed by atoms with Gasteiger partial charge in [0.25, 0.3) is 0 Å². The lowest BCUT2D eigenvalue weighted by Crippen LogP contribution is -2.45. The Hall–Kier alpha value is -2.25. The van der Waals surface area contributed by atoms with Gasteiger partial charge in [-0.25, -0.2) is 9.48 Å². The summed E-state index contributed by atoms with van der Waals surface area (Å²) < 4.78 is 11.2. The highest BCUT2D eigenvalue weighted by molar-refractivity contribution is 5.83. The molecule has 8 heteroatoms. The Morgan fingerprint density at radius 2 is 2.16 bits per heavy atom. The fourth-order valence-electron chi connectivity index (χ4n) is 1.52. The predicted octanol–water partition coefficient (Wildman–Crippen LogP) is -0.482. The molecule has 1 heterocycles. The van der Waals surface area contributed by atoms with Crippen LogP contribution in [0, 0.1) is 0 Å². The van der Waals surface area contributed by atoms with E-state index in [1.165, 1.54) is 21.1 Å². The molecule has 2 N–H and O–H groups in total. The number of hydrogen-bond donors (Lipinski definition) is 2. The van der Waals surface area contributed by atoms with Gasteiger partial charge in [0.05, 0.1) is 14.2 Å². The molecule has 0 radical (unpaired) electrons. The van der Waals surface area contributed by atoms with Gasteiger partial charge in [0.15, 0.2) is 5.82 Å². The average molecular weight is 270 g/mol. The van der Waals surface area contributed by atoms with E-state index in [1.807, 2.05) is 0 Å². The van der Waals surface area contributed by atoms with Crippen LogP contribution >= 0.6 is 0 Å². The van der Waals surface area contributed by atoms with Crippen LogP contribution in [0.5, 0.6) is 5.88 Å². The summed E-state index contributed by atoms with van der Waals surface area (Å²) in [4.78, 5) is 22.5. The largest absolute Gasteiger partial charge is 0.481 e. The third-order valence-electron chi connectivity index (χ3n) is 2.40. The zero-order chi connectivity index (χ0) is 14.4. The Kier molecular flexibility index (Phi) is 5.16. The van der Waals surface area contributed by atoms with Crippen molar-refractivity contribution in [3.63, 3.8) is 0 Å². The van der Waals surface area contributed by atoms with Crippen molar-refractivity contribution in [1.82, 2.24) is 15.1 Å². The van der Waals surface area contributed by atoms with Crippen molar-refractivity contribution in [2.45, 2.75) is 13.0 Å². The topological polar surface area (TPSA) is 94.5 Å².